The number of amides is 1. The van der Waals surface area contributed by atoms with Crippen molar-refractivity contribution in [3.63, 3.8) is 0 Å². The quantitative estimate of drug-likeness (QED) is 0.712. The number of aliphatic hydroxyl groups excluding tert-OH is 1. The van der Waals surface area contributed by atoms with Crippen molar-refractivity contribution < 1.29 is 9.90 Å². The zero-order chi connectivity index (χ0) is 13.6. The van der Waals surface area contributed by atoms with Crippen LogP contribution in [0.5, 0.6) is 0 Å². The first-order valence-electron chi connectivity index (χ1n) is 6.08. The second kappa shape index (κ2) is 6.22. The topological polar surface area (TPSA) is 88.9 Å². The maximum absolute atomic E-state index is 11.8. The van der Waals surface area contributed by atoms with Gasteiger partial charge in [-0.3, -0.25) is 4.79 Å². The summed E-state index contributed by atoms with van der Waals surface area (Å²) in [6.45, 7) is 4.47. The van der Waals surface area contributed by atoms with E-state index < -0.39 is 0 Å². The number of hydrogen-bond donors (Lipinski definition) is 3. The lowest BCUT2D eigenvalue weighted by molar-refractivity contribution is 0.0847. The monoisotopic (exact) mass is 249 g/mol. The SMILES string of the molecule is CCC(CC)(CO)CNC(=O)c1cc(C#N)c[nH]1. The van der Waals surface area contributed by atoms with Crippen molar-refractivity contribution in [2.45, 2.75) is 26.7 Å². The number of H-pyrrole nitrogens is 1. The third-order valence-electron chi connectivity index (χ3n) is 3.52. The van der Waals surface area contributed by atoms with E-state index in [1.54, 1.807) is 0 Å². The van der Waals surface area contributed by atoms with Gasteiger partial charge in [0.15, 0.2) is 0 Å². The molecular formula is C13H19N3O2. The molecule has 1 heterocycles. The first kappa shape index (κ1) is 14.3. The fourth-order valence-electron chi connectivity index (χ4n) is 1.73. The molecule has 0 aliphatic carbocycles. The number of nitrogens with one attached hydrogen (secondary N) is 2. The van der Waals surface area contributed by atoms with Crippen LogP contribution in [-0.2, 0) is 0 Å². The molecule has 0 radical (unpaired) electrons. The van der Waals surface area contributed by atoms with Gasteiger partial charge in [0.05, 0.1) is 12.2 Å². The van der Waals surface area contributed by atoms with Crippen LogP contribution in [0, 0.1) is 16.7 Å². The van der Waals surface area contributed by atoms with Crippen molar-refractivity contribution in [2.75, 3.05) is 13.2 Å². The van der Waals surface area contributed by atoms with Crippen molar-refractivity contribution >= 4 is 5.91 Å². The van der Waals surface area contributed by atoms with E-state index in [2.05, 4.69) is 10.3 Å². The fourth-order valence-corrected chi connectivity index (χ4v) is 1.73. The molecule has 1 aromatic rings. The van der Waals surface area contributed by atoms with E-state index in [4.69, 9.17) is 5.26 Å². The maximum atomic E-state index is 11.8. The Labute approximate surface area is 107 Å². The summed E-state index contributed by atoms with van der Waals surface area (Å²) >= 11 is 0. The summed E-state index contributed by atoms with van der Waals surface area (Å²) in [5.74, 6) is -0.253. The molecule has 98 valence electrons. The van der Waals surface area contributed by atoms with Gasteiger partial charge in [0, 0.05) is 18.2 Å². The van der Waals surface area contributed by atoms with E-state index in [-0.39, 0.29) is 17.9 Å². The molecule has 0 fully saturated rings. The number of nitrogens with zero attached hydrogens (tertiary/aromatic N) is 1. The summed E-state index contributed by atoms with van der Waals surface area (Å²) in [4.78, 5) is 14.6. The Kier molecular flexibility index (Phi) is 4.93. The van der Waals surface area contributed by atoms with E-state index in [0.717, 1.165) is 12.8 Å². The standard InChI is InChI=1S/C13H19N3O2/c1-3-13(4-2,9-17)8-16-12(18)11-5-10(6-14)7-15-11/h5,7,15,17H,3-4,8-9H2,1-2H3,(H,16,18). The van der Waals surface area contributed by atoms with Crippen LogP contribution >= 0.6 is 0 Å². The number of rotatable bonds is 6. The lowest BCUT2D eigenvalue weighted by Crippen LogP contribution is -2.39. The lowest BCUT2D eigenvalue weighted by Gasteiger charge is -2.29. The predicted octanol–water partition coefficient (Wildman–Crippen LogP) is 1.41. The van der Waals surface area contributed by atoms with Crippen LogP contribution in [-0.4, -0.2) is 29.1 Å². The Balaban J connectivity index is 2.63. The molecule has 0 aliphatic heterocycles. The average Bonchev–Trinajstić information content (AvgIpc) is 2.89. The molecule has 0 spiro atoms. The predicted molar refractivity (Wildman–Crippen MR) is 67.9 cm³/mol. The molecule has 0 bridgehead atoms. The van der Waals surface area contributed by atoms with Gasteiger partial charge < -0.3 is 15.4 Å². The van der Waals surface area contributed by atoms with E-state index in [9.17, 15) is 9.90 Å². The molecule has 0 atom stereocenters. The molecule has 18 heavy (non-hydrogen) atoms. The number of aromatic nitrogens is 1. The molecule has 0 unspecified atom stereocenters. The maximum Gasteiger partial charge on any atom is 0.267 e. The molecule has 3 N–H and O–H groups in total. The summed E-state index contributed by atoms with van der Waals surface area (Å²) in [5.41, 5.74) is 0.533. The Morgan fingerprint density at radius 2 is 2.22 bits per heavy atom. The van der Waals surface area contributed by atoms with E-state index in [0.29, 0.717) is 17.8 Å². The normalized spacial score (nSPS) is 11.0. The van der Waals surface area contributed by atoms with Crippen molar-refractivity contribution in [3.8, 4) is 6.07 Å². The van der Waals surface area contributed by atoms with E-state index in [1.807, 2.05) is 19.9 Å². The zero-order valence-electron chi connectivity index (χ0n) is 10.8. The Morgan fingerprint density at radius 1 is 1.56 bits per heavy atom. The number of carbonyl (C=O) groups excluding carboxylic acids is 1. The van der Waals surface area contributed by atoms with Gasteiger partial charge in [0.25, 0.3) is 5.91 Å². The summed E-state index contributed by atoms with van der Waals surface area (Å²) < 4.78 is 0. The summed E-state index contributed by atoms with van der Waals surface area (Å²) in [6.07, 6.45) is 3.09. The molecule has 0 saturated carbocycles. The van der Waals surface area contributed by atoms with Crippen molar-refractivity contribution in [1.29, 1.82) is 5.26 Å². The van der Waals surface area contributed by atoms with Crippen LogP contribution in [0.2, 0.25) is 0 Å². The molecular weight excluding hydrogens is 230 g/mol. The Hall–Kier alpha value is -1.80. The number of nitriles is 1. The highest BCUT2D eigenvalue weighted by molar-refractivity contribution is 5.92. The first-order valence-corrected chi connectivity index (χ1v) is 6.08. The van der Waals surface area contributed by atoms with Gasteiger partial charge in [-0.15, -0.1) is 0 Å². The largest absolute Gasteiger partial charge is 0.396 e. The summed E-state index contributed by atoms with van der Waals surface area (Å²) in [5, 5.41) is 20.9. The zero-order valence-corrected chi connectivity index (χ0v) is 10.8. The highest BCUT2D eigenvalue weighted by Crippen LogP contribution is 2.24. The minimum atomic E-state index is -0.264. The van der Waals surface area contributed by atoms with Crippen LogP contribution < -0.4 is 5.32 Å². The molecule has 5 nitrogen and oxygen atoms in total. The van der Waals surface area contributed by atoms with Gasteiger partial charge in [-0.25, -0.2) is 0 Å². The number of aromatic amines is 1. The van der Waals surface area contributed by atoms with Crippen molar-refractivity contribution in [2.24, 2.45) is 5.41 Å². The van der Waals surface area contributed by atoms with Gasteiger partial charge >= 0.3 is 0 Å². The minimum absolute atomic E-state index is 0.0501. The van der Waals surface area contributed by atoms with Crippen molar-refractivity contribution in [3.05, 3.63) is 23.5 Å². The molecule has 1 rings (SSSR count). The van der Waals surface area contributed by atoms with Gasteiger partial charge in [-0.1, -0.05) is 13.8 Å². The molecule has 1 amide bonds. The smallest absolute Gasteiger partial charge is 0.267 e. The van der Waals surface area contributed by atoms with E-state index >= 15 is 0 Å². The number of aliphatic hydroxyl groups is 1. The lowest BCUT2D eigenvalue weighted by atomic mass is 9.83. The third kappa shape index (κ3) is 3.11. The van der Waals surface area contributed by atoms with Crippen LogP contribution in [0.3, 0.4) is 0 Å². The summed E-state index contributed by atoms with van der Waals surface area (Å²) in [6, 6.07) is 3.46. The molecule has 0 aliphatic rings. The second-order valence-electron chi connectivity index (χ2n) is 4.46. The fraction of sp³-hybridized carbons (Fsp3) is 0.538. The van der Waals surface area contributed by atoms with Crippen molar-refractivity contribution in [1.82, 2.24) is 10.3 Å². The van der Waals surface area contributed by atoms with Gasteiger partial charge in [0.2, 0.25) is 0 Å². The van der Waals surface area contributed by atoms with Crippen LogP contribution in [0.25, 0.3) is 0 Å². The number of carbonyl (C=O) groups is 1. The van der Waals surface area contributed by atoms with Crippen LogP contribution in [0.1, 0.15) is 42.7 Å². The highest BCUT2D eigenvalue weighted by atomic mass is 16.3. The first-order chi connectivity index (χ1) is 8.60. The molecule has 0 saturated heterocycles. The van der Waals surface area contributed by atoms with Gasteiger partial charge in [-0.05, 0) is 18.9 Å². The van der Waals surface area contributed by atoms with Gasteiger partial charge in [-0.2, -0.15) is 5.26 Å². The summed E-state index contributed by atoms with van der Waals surface area (Å²) in [7, 11) is 0. The highest BCUT2D eigenvalue weighted by Gasteiger charge is 2.26. The average molecular weight is 249 g/mol. The Morgan fingerprint density at radius 3 is 2.67 bits per heavy atom. The third-order valence-corrected chi connectivity index (χ3v) is 3.52. The molecule has 1 aromatic heterocycles. The minimum Gasteiger partial charge on any atom is -0.396 e. The molecule has 5 heteroatoms. The van der Waals surface area contributed by atoms with Gasteiger partial charge in [0.1, 0.15) is 11.8 Å². The number of hydrogen-bond acceptors (Lipinski definition) is 3. The van der Waals surface area contributed by atoms with Crippen LogP contribution in [0.15, 0.2) is 12.3 Å². The van der Waals surface area contributed by atoms with E-state index in [1.165, 1.54) is 12.3 Å². The van der Waals surface area contributed by atoms with Crippen LogP contribution in [0.4, 0.5) is 0 Å². The molecule has 0 aromatic carbocycles. The Bertz CT molecular complexity index is 433. The second-order valence-corrected chi connectivity index (χ2v) is 4.46.